The second-order valence-electron chi connectivity index (χ2n) is 5.07. The molecule has 128 valence electrons. The van der Waals surface area contributed by atoms with E-state index in [1.54, 1.807) is 7.05 Å². The fourth-order valence-electron chi connectivity index (χ4n) is 2.24. The van der Waals surface area contributed by atoms with Crippen molar-refractivity contribution in [2.45, 2.75) is 12.6 Å². The summed E-state index contributed by atoms with van der Waals surface area (Å²) in [7, 11) is 1.60. The highest BCUT2D eigenvalue weighted by Crippen LogP contribution is 2.31. The summed E-state index contributed by atoms with van der Waals surface area (Å²) < 4.78 is 42.9. The van der Waals surface area contributed by atoms with Crippen LogP contribution in [0.1, 0.15) is 12.0 Å². The molecule has 1 aliphatic rings. The van der Waals surface area contributed by atoms with E-state index in [0.717, 1.165) is 12.1 Å². The maximum absolute atomic E-state index is 12.6. The summed E-state index contributed by atoms with van der Waals surface area (Å²) in [6, 6.07) is 4.52. The summed E-state index contributed by atoms with van der Waals surface area (Å²) in [6.45, 7) is 0.229. The number of carbonyl (C=O) groups excluding carboxylic acids is 1. The predicted octanol–water partition coefficient (Wildman–Crippen LogP) is 2.98. The van der Waals surface area contributed by atoms with Gasteiger partial charge in [-0.05, 0) is 24.3 Å². The van der Waals surface area contributed by atoms with E-state index < -0.39 is 23.3 Å². The largest absolute Gasteiger partial charge is 0.492 e. The Morgan fingerprint density at radius 1 is 1.29 bits per heavy atom. The van der Waals surface area contributed by atoms with Crippen LogP contribution in [-0.4, -0.2) is 31.0 Å². The van der Waals surface area contributed by atoms with E-state index >= 15 is 0 Å². The number of hydrogen-bond acceptors (Lipinski definition) is 4. The molecular weight excluding hydrogens is 327 g/mol. The Balaban J connectivity index is 2.30. The van der Waals surface area contributed by atoms with Gasteiger partial charge in [0, 0.05) is 30.9 Å². The monoisotopic (exact) mass is 341 g/mol. The molecule has 1 fully saturated rings. The predicted molar refractivity (Wildman–Crippen MR) is 79.2 cm³/mol. The van der Waals surface area contributed by atoms with Crippen LogP contribution in [0.4, 0.5) is 18.9 Å². The van der Waals surface area contributed by atoms with Crippen LogP contribution < -0.4 is 4.90 Å². The Hall–Kier alpha value is -2.77. The highest BCUT2D eigenvalue weighted by Gasteiger charge is 2.30. The molecule has 0 amide bonds. The highest BCUT2D eigenvalue weighted by atomic mass is 19.4. The number of carbonyl (C=O) groups is 2. The smallest absolute Gasteiger partial charge is 0.416 e. The number of ether oxygens (including phenoxy) is 1. The number of carboxylic acids is 1. The first-order valence-electron chi connectivity index (χ1n) is 6.90. The van der Waals surface area contributed by atoms with Crippen LogP contribution in [0, 0.1) is 0 Å². The van der Waals surface area contributed by atoms with E-state index in [1.807, 2.05) is 0 Å². The molecule has 1 saturated heterocycles. The Morgan fingerprint density at radius 2 is 1.92 bits per heavy atom. The Morgan fingerprint density at radius 3 is 2.42 bits per heavy atom. The molecule has 0 aromatic heterocycles. The molecular formula is C16H14F3NO4. The standard InChI is InChI=1S/C16H14F3NO4/c1-20(12-4-2-11(3-5-12)16(17,18)19)8-10-6-7-24-14(10)13(9-21)15(22)23/h2-5,8-9H,6-7H2,1H3,(H,22,23)/b10-8-,14-13-. The number of aliphatic carboxylic acids is 1. The Kier molecular flexibility index (Phi) is 4.96. The van der Waals surface area contributed by atoms with Crippen LogP contribution in [0.2, 0.25) is 0 Å². The van der Waals surface area contributed by atoms with Gasteiger partial charge in [-0.1, -0.05) is 0 Å². The van der Waals surface area contributed by atoms with E-state index in [1.165, 1.54) is 23.2 Å². The Labute approximate surface area is 135 Å². The number of allylic oxidation sites excluding steroid dienone is 1. The third-order valence-electron chi connectivity index (χ3n) is 3.45. The molecule has 0 saturated carbocycles. The van der Waals surface area contributed by atoms with E-state index in [2.05, 4.69) is 0 Å². The van der Waals surface area contributed by atoms with Gasteiger partial charge >= 0.3 is 12.1 Å². The number of carboxylic acid groups (broad SMARTS) is 1. The van der Waals surface area contributed by atoms with Gasteiger partial charge in [-0.15, -0.1) is 0 Å². The lowest BCUT2D eigenvalue weighted by molar-refractivity contribution is -0.137. The molecule has 0 aliphatic carbocycles. The summed E-state index contributed by atoms with van der Waals surface area (Å²) in [4.78, 5) is 23.5. The first-order valence-corrected chi connectivity index (χ1v) is 6.90. The maximum atomic E-state index is 12.6. The first-order chi connectivity index (χ1) is 11.2. The first kappa shape index (κ1) is 17.6. The van der Waals surface area contributed by atoms with Gasteiger partial charge in [0.1, 0.15) is 11.3 Å². The minimum atomic E-state index is -4.41. The molecule has 0 spiro atoms. The molecule has 0 bridgehead atoms. The zero-order valence-corrected chi connectivity index (χ0v) is 12.6. The van der Waals surface area contributed by atoms with E-state index in [4.69, 9.17) is 9.84 Å². The highest BCUT2D eigenvalue weighted by molar-refractivity contribution is 6.07. The summed E-state index contributed by atoms with van der Waals surface area (Å²) in [5, 5.41) is 8.99. The zero-order valence-electron chi connectivity index (χ0n) is 12.6. The number of nitrogens with zero attached hydrogens (tertiary/aromatic N) is 1. The lowest BCUT2D eigenvalue weighted by atomic mass is 10.1. The van der Waals surface area contributed by atoms with Crippen molar-refractivity contribution in [1.82, 2.24) is 0 Å². The molecule has 1 aromatic carbocycles. The van der Waals surface area contributed by atoms with Gasteiger partial charge in [0.2, 0.25) is 0 Å². The van der Waals surface area contributed by atoms with Gasteiger partial charge in [-0.25, -0.2) is 4.79 Å². The lowest BCUT2D eigenvalue weighted by Crippen LogP contribution is -2.12. The number of aldehydes is 1. The van der Waals surface area contributed by atoms with Crippen LogP contribution in [0.25, 0.3) is 0 Å². The van der Waals surface area contributed by atoms with Crippen molar-refractivity contribution < 1.29 is 32.6 Å². The van der Waals surface area contributed by atoms with Crippen LogP contribution in [0.3, 0.4) is 0 Å². The fourth-order valence-corrected chi connectivity index (χ4v) is 2.24. The molecule has 0 unspecified atom stereocenters. The topological polar surface area (TPSA) is 66.8 Å². The average molecular weight is 341 g/mol. The minimum absolute atomic E-state index is 0.0174. The third-order valence-corrected chi connectivity index (χ3v) is 3.45. The second-order valence-corrected chi connectivity index (χ2v) is 5.07. The van der Waals surface area contributed by atoms with Crippen molar-refractivity contribution in [3.05, 3.63) is 52.9 Å². The van der Waals surface area contributed by atoms with Crippen molar-refractivity contribution in [2.24, 2.45) is 0 Å². The van der Waals surface area contributed by atoms with Gasteiger partial charge in [0.05, 0.1) is 12.2 Å². The van der Waals surface area contributed by atoms with Gasteiger partial charge < -0.3 is 14.7 Å². The van der Waals surface area contributed by atoms with Gasteiger partial charge in [-0.2, -0.15) is 13.2 Å². The van der Waals surface area contributed by atoms with Crippen LogP contribution in [-0.2, 0) is 20.5 Å². The second kappa shape index (κ2) is 6.77. The fraction of sp³-hybridized carbons (Fsp3) is 0.250. The van der Waals surface area contributed by atoms with Crippen LogP contribution in [0.15, 0.2) is 47.4 Å². The maximum Gasteiger partial charge on any atom is 0.416 e. The molecule has 0 radical (unpaired) electrons. The molecule has 2 rings (SSSR count). The van der Waals surface area contributed by atoms with E-state index in [9.17, 15) is 22.8 Å². The van der Waals surface area contributed by atoms with Gasteiger partial charge in [0.25, 0.3) is 0 Å². The zero-order chi connectivity index (χ0) is 17.9. The minimum Gasteiger partial charge on any atom is -0.492 e. The summed E-state index contributed by atoms with van der Waals surface area (Å²) in [5.41, 5.74) is -0.280. The summed E-state index contributed by atoms with van der Waals surface area (Å²) in [6.07, 6.45) is -2.28. The summed E-state index contributed by atoms with van der Waals surface area (Å²) >= 11 is 0. The molecule has 1 heterocycles. The van der Waals surface area contributed by atoms with Crippen molar-refractivity contribution in [3.8, 4) is 0 Å². The number of benzene rings is 1. The molecule has 24 heavy (non-hydrogen) atoms. The van der Waals surface area contributed by atoms with Gasteiger partial charge in [0.15, 0.2) is 6.29 Å². The quantitative estimate of drug-likeness (QED) is 0.395. The Bertz CT molecular complexity index is 705. The van der Waals surface area contributed by atoms with Crippen LogP contribution >= 0.6 is 0 Å². The molecule has 0 atom stereocenters. The number of halogens is 3. The normalized spacial score (nSPS) is 18.2. The van der Waals surface area contributed by atoms with Crippen molar-refractivity contribution in [3.63, 3.8) is 0 Å². The van der Waals surface area contributed by atoms with E-state index in [-0.39, 0.29) is 18.7 Å². The average Bonchev–Trinajstić information content (AvgIpc) is 2.95. The summed E-state index contributed by atoms with van der Waals surface area (Å²) in [5.74, 6) is -1.42. The molecule has 1 N–H and O–H groups in total. The van der Waals surface area contributed by atoms with Gasteiger partial charge in [-0.3, -0.25) is 4.79 Å². The number of hydrogen-bond donors (Lipinski definition) is 1. The van der Waals surface area contributed by atoms with Crippen molar-refractivity contribution >= 4 is 17.9 Å². The van der Waals surface area contributed by atoms with E-state index in [0.29, 0.717) is 17.7 Å². The lowest BCUT2D eigenvalue weighted by Gasteiger charge is -2.17. The molecule has 8 heteroatoms. The molecule has 5 nitrogen and oxygen atoms in total. The number of rotatable bonds is 4. The SMILES string of the molecule is CN(/C=C1/CCO/C1=C(/C=O)C(=O)O)c1ccc(C(F)(F)F)cc1. The number of alkyl halides is 3. The molecule has 1 aromatic rings. The van der Waals surface area contributed by atoms with Crippen LogP contribution in [0.5, 0.6) is 0 Å². The number of anilines is 1. The van der Waals surface area contributed by atoms with Crippen molar-refractivity contribution in [1.29, 1.82) is 0 Å². The third kappa shape index (κ3) is 3.76. The van der Waals surface area contributed by atoms with Crippen molar-refractivity contribution in [2.75, 3.05) is 18.6 Å². The molecule has 1 aliphatic heterocycles.